The van der Waals surface area contributed by atoms with Crippen LogP contribution in [0.4, 0.5) is 4.79 Å². The van der Waals surface area contributed by atoms with Crippen molar-refractivity contribution in [3.63, 3.8) is 0 Å². The molecule has 0 spiro atoms. The molecule has 1 atom stereocenters. The Morgan fingerprint density at radius 3 is 2.63 bits per heavy atom. The average molecular weight is 325 g/mol. The van der Waals surface area contributed by atoms with Crippen LogP contribution in [0.3, 0.4) is 0 Å². The summed E-state index contributed by atoms with van der Waals surface area (Å²) in [5, 5.41) is 11.8. The lowest BCUT2D eigenvalue weighted by atomic mass is 10.0. The van der Waals surface area contributed by atoms with Crippen molar-refractivity contribution >= 4 is 22.0 Å². The lowest BCUT2D eigenvalue weighted by Crippen LogP contribution is -2.34. The van der Waals surface area contributed by atoms with Gasteiger partial charge in [0, 0.05) is 11.0 Å². The number of amides is 1. The first kappa shape index (κ1) is 15.5. The number of ether oxygens (including phenoxy) is 1. The van der Waals surface area contributed by atoms with Crippen molar-refractivity contribution in [1.82, 2.24) is 5.32 Å². The summed E-state index contributed by atoms with van der Waals surface area (Å²) in [6.45, 7) is 5.60. The van der Waals surface area contributed by atoms with E-state index in [0.29, 0.717) is 0 Å². The minimum atomic E-state index is -0.542. The second-order valence-corrected chi connectivity index (χ2v) is 5.94. The van der Waals surface area contributed by atoms with Crippen molar-refractivity contribution in [3.05, 3.63) is 34.3 Å². The molecular formula is C14H17BrN2O2. The van der Waals surface area contributed by atoms with Crippen molar-refractivity contribution in [2.24, 2.45) is 0 Å². The molecule has 0 saturated carbocycles. The fraction of sp³-hybridized carbons (Fsp3) is 0.429. The molecule has 1 N–H and O–H groups in total. The number of nitriles is 1. The predicted molar refractivity (Wildman–Crippen MR) is 76.7 cm³/mol. The van der Waals surface area contributed by atoms with Crippen molar-refractivity contribution in [3.8, 4) is 6.07 Å². The van der Waals surface area contributed by atoms with E-state index in [4.69, 9.17) is 4.74 Å². The molecule has 102 valence electrons. The SMILES string of the molecule is CC(C)(C)OC(=O)NCC(C#N)c1ccccc1Br. The van der Waals surface area contributed by atoms with E-state index in [1.165, 1.54) is 0 Å². The van der Waals surface area contributed by atoms with E-state index in [-0.39, 0.29) is 6.54 Å². The van der Waals surface area contributed by atoms with Crippen LogP contribution >= 0.6 is 15.9 Å². The van der Waals surface area contributed by atoms with Crippen molar-refractivity contribution in [2.45, 2.75) is 32.3 Å². The van der Waals surface area contributed by atoms with Gasteiger partial charge in [0.25, 0.3) is 0 Å². The molecule has 1 amide bonds. The molecule has 0 bridgehead atoms. The maximum atomic E-state index is 11.5. The summed E-state index contributed by atoms with van der Waals surface area (Å²) in [5.41, 5.74) is 0.306. The maximum Gasteiger partial charge on any atom is 0.407 e. The first-order valence-electron chi connectivity index (χ1n) is 5.94. The fourth-order valence-electron chi connectivity index (χ4n) is 1.48. The Hall–Kier alpha value is -1.54. The molecule has 1 rings (SSSR count). The van der Waals surface area contributed by atoms with Crippen LogP contribution in [0, 0.1) is 11.3 Å². The van der Waals surface area contributed by atoms with Crippen LogP contribution in [0.2, 0.25) is 0 Å². The van der Waals surface area contributed by atoms with E-state index < -0.39 is 17.6 Å². The molecule has 1 aromatic rings. The van der Waals surface area contributed by atoms with E-state index in [9.17, 15) is 10.1 Å². The van der Waals surface area contributed by atoms with Crippen LogP contribution in [-0.2, 0) is 4.74 Å². The third-order valence-corrected chi connectivity index (χ3v) is 3.01. The number of carbonyl (C=O) groups excluding carboxylic acids is 1. The smallest absolute Gasteiger partial charge is 0.407 e. The Bertz CT molecular complexity index is 489. The Labute approximate surface area is 121 Å². The molecular weight excluding hydrogens is 308 g/mol. The molecule has 19 heavy (non-hydrogen) atoms. The van der Waals surface area contributed by atoms with Gasteiger partial charge in [-0.15, -0.1) is 0 Å². The number of nitrogens with zero attached hydrogens (tertiary/aromatic N) is 1. The average Bonchev–Trinajstić information content (AvgIpc) is 2.29. The first-order chi connectivity index (χ1) is 8.83. The molecule has 0 heterocycles. The van der Waals surface area contributed by atoms with Crippen LogP contribution in [-0.4, -0.2) is 18.2 Å². The van der Waals surface area contributed by atoms with Gasteiger partial charge in [0.1, 0.15) is 5.60 Å². The molecule has 0 saturated heterocycles. The second-order valence-electron chi connectivity index (χ2n) is 5.09. The van der Waals surface area contributed by atoms with Crippen LogP contribution < -0.4 is 5.32 Å². The first-order valence-corrected chi connectivity index (χ1v) is 6.73. The normalized spacial score (nSPS) is 12.4. The summed E-state index contributed by atoms with van der Waals surface area (Å²) >= 11 is 3.40. The highest BCUT2D eigenvalue weighted by atomic mass is 79.9. The molecule has 0 radical (unpaired) electrons. The Morgan fingerprint density at radius 2 is 2.11 bits per heavy atom. The topological polar surface area (TPSA) is 62.1 Å². The highest BCUT2D eigenvalue weighted by Crippen LogP contribution is 2.23. The van der Waals surface area contributed by atoms with Gasteiger partial charge in [0.15, 0.2) is 0 Å². The summed E-state index contributed by atoms with van der Waals surface area (Å²) in [4.78, 5) is 11.5. The molecule has 0 aliphatic rings. The van der Waals surface area contributed by atoms with Gasteiger partial charge in [-0.05, 0) is 32.4 Å². The quantitative estimate of drug-likeness (QED) is 0.924. The van der Waals surface area contributed by atoms with Gasteiger partial charge in [-0.3, -0.25) is 0 Å². The van der Waals surface area contributed by atoms with Crippen LogP contribution in [0.1, 0.15) is 32.3 Å². The van der Waals surface area contributed by atoms with Gasteiger partial charge in [-0.25, -0.2) is 4.79 Å². The van der Waals surface area contributed by atoms with E-state index in [0.717, 1.165) is 10.0 Å². The number of benzene rings is 1. The van der Waals surface area contributed by atoms with Crippen molar-refractivity contribution in [2.75, 3.05) is 6.54 Å². The molecule has 0 fully saturated rings. The van der Waals surface area contributed by atoms with E-state index in [1.807, 2.05) is 24.3 Å². The third kappa shape index (κ3) is 5.31. The zero-order valence-electron chi connectivity index (χ0n) is 11.2. The van der Waals surface area contributed by atoms with Crippen LogP contribution in [0.5, 0.6) is 0 Å². The highest BCUT2D eigenvalue weighted by Gasteiger charge is 2.19. The van der Waals surface area contributed by atoms with Gasteiger partial charge in [-0.2, -0.15) is 5.26 Å². The second kappa shape index (κ2) is 6.58. The summed E-state index contributed by atoms with van der Waals surface area (Å²) in [6.07, 6.45) is -0.514. The highest BCUT2D eigenvalue weighted by molar-refractivity contribution is 9.10. The number of hydrogen-bond donors (Lipinski definition) is 1. The van der Waals surface area contributed by atoms with Crippen LogP contribution in [0.25, 0.3) is 0 Å². The lowest BCUT2D eigenvalue weighted by Gasteiger charge is -2.20. The Kier molecular flexibility index (Phi) is 5.37. The molecule has 1 aromatic carbocycles. The lowest BCUT2D eigenvalue weighted by molar-refractivity contribution is 0.0527. The van der Waals surface area contributed by atoms with Gasteiger partial charge >= 0.3 is 6.09 Å². The molecule has 0 aromatic heterocycles. The standard InChI is InChI=1S/C14H17BrN2O2/c1-14(2,3)19-13(18)17-9-10(8-16)11-6-4-5-7-12(11)15/h4-7,10H,9H2,1-3H3,(H,17,18). The Morgan fingerprint density at radius 1 is 1.47 bits per heavy atom. The van der Waals surface area contributed by atoms with Gasteiger partial charge in [-0.1, -0.05) is 34.1 Å². The van der Waals surface area contributed by atoms with Crippen molar-refractivity contribution in [1.29, 1.82) is 5.26 Å². The van der Waals surface area contributed by atoms with E-state index >= 15 is 0 Å². The number of halogens is 1. The molecule has 4 nitrogen and oxygen atoms in total. The Balaban J connectivity index is 2.63. The van der Waals surface area contributed by atoms with Crippen molar-refractivity contribution < 1.29 is 9.53 Å². The molecule has 0 aliphatic carbocycles. The van der Waals surface area contributed by atoms with Gasteiger partial charge in [0.05, 0.1) is 12.0 Å². The molecule has 1 unspecified atom stereocenters. The summed E-state index contributed by atoms with van der Waals surface area (Å²) in [5.74, 6) is -0.414. The zero-order chi connectivity index (χ0) is 14.5. The van der Waals surface area contributed by atoms with Crippen LogP contribution in [0.15, 0.2) is 28.7 Å². The molecule has 0 aliphatic heterocycles. The number of rotatable bonds is 3. The monoisotopic (exact) mass is 324 g/mol. The third-order valence-electron chi connectivity index (χ3n) is 2.29. The fourth-order valence-corrected chi connectivity index (χ4v) is 2.04. The minimum Gasteiger partial charge on any atom is -0.444 e. The minimum absolute atomic E-state index is 0.216. The van der Waals surface area contributed by atoms with Gasteiger partial charge in [0.2, 0.25) is 0 Å². The largest absolute Gasteiger partial charge is 0.444 e. The predicted octanol–water partition coefficient (Wildman–Crippen LogP) is 3.58. The van der Waals surface area contributed by atoms with E-state index in [1.54, 1.807) is 20.8 Å². The zero-order valence-corrected chi connectivity index (χ0v) is 12.8. The van der Waals surface area contributed by atoms with E-state index in [2.05, 4.69) is 27.3 Å². The number of hydrogen-bond acceptors (Lipinski definition) is 3. The summed E-state index contributed by atoms with van der Waals surface area (Å²) in [7, 11) is 0. The summed E-state index contributed by atoms with van der Waals surface area (Å²) < 4.78 is 5.98. The molecule has 5 heteroatoms. The van der Waals surface area contributed by atoms with Gasteiger partial charge < -0.3 is 10.1 Å². The maximum absolute atomic E-state index is 11.5. The number of carbonyl (C=O) groups is 1. The number of nitrogens with one attached hydrogen (secondary N) is 1. The summed E-state index contributed by atoms with van der Waals surface area (Å²) in [6, 6.07) is 9.64. The number of alkyl carbamates (subject to hydrolysis) is 1.